The largest absolute Gasteiger partial charge is 0.370 e. The Morgan fingerprint density at radius 2 is 1.76 bits per heavy atom. The second-order valence-electron chi connectivity index (χ2n) is 4.95. The average molecular weight is 230 g/mol. The van der Waals surface area contributed by atoms with Crippen molar-refractivity contribution in [1.29, 1.82) is 0 Å². The molecule has 0 aromatic heterocycles. The maximum atomic E-state index is 3.40. The highest BCUT2D eigenvalue weighted by atomic mass is 15.3. The van der Waals surface area contributed by atoms with Gasteiger partial charge in [-0.2, -0.15) is 0 Å². The van der Waals surface area contributed by atoms with Crippen LogP contribution in [0.3, 0.4) is 0 Å². The van der Waals surface area contributed by atoms with E-state index in [9.17, 15) is 0 Å². The standard InChI is InChI=1S/C15H22N2/c1-6-14-9-16-13(5)17(14)15-11(3)7-10(2)8-12(15)4/h7-9,13,16H,6H2,1-5H3. The molecule has 0 saturated heterocycles. The minimum Gasteiger partial charge on any atom is -0.370 e. The zero-order chi connectivity index (χ0) is 12.6. The summed E-state index contributed by atoms with van der Waals surface area (Å²) in [6.07, 6.45) is 3.55. The van der Waals surface area contributed by atoms with Crippen molar-refractivity contribution < 1.29 is 0 Å². The van der Waals surface area contributed by atoms with Gasteiger partial charge in [-0.25, -0.2) is 0 Å². The highest BCUT2D eigenvalue weighted by Gasteiger charge is 2.24. The molecular formula is C15H22N2. The molecule has 17 heavy (non-hydrogen) atoms. The molecule has 92 valence electrons. The molecule has 2 rings (SSSR count). The van der Waals surface area contributed by atoms with Gasteiger partial charge in [0.15, 0.2) is 0 Å². The topological polar surface area (TPSA) is 15.3 Å². The quantitative estimate of drug-likeness (QED) is 0.834. The molecule has 0 spiro atoms. The summed E-state index contributed by atoms with van der Waals surface area (Å²) in [7, 11) is 0. The molecule has 0 bridgehead atoms. The molecule has 2 nitrogen and oxygen atoms in total. The molecule has 0 saturated carbocycles. The van der Waals surface area contributed by atoms with E-state index in [4.69, 9.17) is 0 Å². The van der Waals surface area contributed by atoms with Crippen LogP contribution >= 0.6 is 0 Å². The second-order valence-corrected chi connectivity index (χ2v) is 4.95. The predicted octanol–water partition coefficient (Wildman–Crippen LogP) is 3.62. The Kier molecular flexibility index (Phi) is 3.14. The van der Waals surface area contributed by atoms with E-state index in [0.717, 1.165) is 6.42 Å². The average Bonchev–Trinajstić information content (AvgIpc) is 2.59. The Bertz CT molecular complexity index is 437. The third-order valence-corrected chi connectivity index (χ3v) is 3.43. The van der Waals surface area contributed by atoms with Crippen LogP contribution in [0, 0.1) is 20.8 Å². The lowest BCUT2D eigenvalue weighted by Gasteiger charge is -2.30. The molecule has 0 fully saturated rings. The first-order valence-electron chi connectivity index (χ1n) is 6.36. The van der Waals surface area contributed by atoms with Crippen LogP contribution in [-0.2, 0) is 0 Å². The van der Waals surface area contributed by atoms with Gasteiger partial charge in [-0.15, -0.1) is 0 Å². The molecule has 1 aliphatic rings. The number of benzene rings is 1. The molecule has 1 aromatic carbocycles. The molecule has 1 heterocycles. The molecule has 1 unspecified atom stereocenters. The lowest BCUT2D eigenvalue weighted by atomic mass is 10.0. The second kappa shape index (κ2) is 4.44. The van der Waals surface area contributed by atoms with Crippen LogP contribution in [0.2, 0.25) is 0 Å². The molecule has 0 amide bonds. The Labute approximate surface area is 104 Å². The zero-order valence-electron chi connectivity index (χ0n) is 11.5. The van der Waals surface area contributed by atoms with Gasteiger partial charge in [0.2, 0.25) is 0 Å². The van der Waals surface area contributed by atoms with Crippen LogP contribution in [0.15, 0.2) is 24.0 Å². The lowest BCUT2D eigenvalue weighted by molar-refractivity contribution is 0.668. The van der Waals surface area contributed by atoms with Crippen molar-refractivity contribution in [2.45, 2.75) is 47.2 Å². The summed E-state index contributed by atoms with van der Waals surface area (Å²) in [4.78, 5) is 2.42. The van der Waals surface area contributed by atoms with Gasteiger partial charge in [0, 0.05) is 17.6 Å². The Balaban J connectivity index is 2.50. The van der Waals surface area contributed by atoms with Crippen molar-refractivity contribution in [3.63, 3.8) is 0 Å². The maximum absolute atomic E-state index is 3.40. The highest BCUT2D eigenvalue weighted by molar-refractivity contribution is 5.65. The van der Waals surface area contributed by atoms with Crippen LogP contribution in [0.1, 0.15) is 37.0 Å². The molecule has 2 heteroatoms. The minimum atomic E-state index is 0.352. The van der Waals surface area contributed by atoms with Crippen molar-refractivity contribution in [2.75, 3.05) is 4.90 Å². The van der Waals surface area contributed by atoms with Gasteiger partial charge in [0.05, 0.1) is 0 Å². The minimum absolute atomic E-state index is 0.352. The number of anilines is 1. The summed E-state index contributed by atoms with van der Waals surface area (Å²) in [5, 5.41) is 3.40. The van der Waals surface area contributed by atoms with Crippen LogP contribution in [0.5, 0.6) is 0 Å². The summed E-state index contributed by atoms with van der Waals surface area (Å²) in [6.45, 7) is 11.0. The summed E-state index contributed by atoms with van der Waals surface area (Å²) >= 11 is 0. The van der Waals surface area contributed by atoms with Gasteiger partial charge < -0.3 is 10.2 Å². The van der Waals surface area contributed by atoms with E-state index in [1.54, 1.807) is 0 Å². The third-order valence-electron chi connectivity index (χ3n) is 3.43. The van der Waals surface area contributed by atoms with E-state index >= 15 is 0 Å². The van der Waals surface area contributed by atoms with E-state index in [1.807, 2.05) is 0 Å². The van der Waals surface area contributed by atoms with Gasteiger partial charge in [-0.05, 0) is 45.2 Å². The van der Waals surface area contributed by atoms with Crippen molar-refractivity contribution in [3.8, 4) is 0 Å². The fraction of sp³-hybridized carbons (Fsp3) is 0.467. The van der Waals surface area contributed by atoms with Crippen molar-refractivity contribution in [3.05, 3.63) is 40.7 Å². The normalized spacial score (nSPS) is 19.2. The predicted molar refractivity (Wildman–Crippen MR) is 74.1 cm³/mol. The summed E-state index contributed by atoms with van der Waals surface area (Å²) in [5.41, 5.74) is 6.79. The number of nitrogens with one attached hydrogen (secondary N) is 1. The van der Waals surface area contributed by atoms with Crippen molar-refractivity contribution in [2.24, 2.45) is 0 Å². The number of hydrogen-bond donors (Lipinski definition) is 1. The number of allylic oxidation sites excluding steroid dienone is 1. The fourth-order valence-electron chi connectivity index (χ4n) is 2.77. The summed E-state index contributed by atoms with van der Waals surface area (Å²) in [6, 6.07) is 4.53. The molecule has 1 N–H and O–H groups in total. The van der Waals surface area contributed by atoms with Crippen molar-refractivity contribution in [1.82, 2.24) is 5.32 Å². The number of aryl methyl sites for hydroxylation is 3. The molecule has 1 aromatic rings. The Morgan fingerprint density at radius 1 is 1.18 bits per heavy atom. The first kappa shape index (κ1) is 12.0. The lowest BCUT2D eigenvalue weighted by Crippen LogP contribution is -2.35. The maximum Gasteiger partial charge on any atom is 0.100 e. The van der Waals surface area contributed by atoms with E-state index in [0.29, 0.717) is 6.17 Å². The van der Waals surface area contributed by atoms with Crippen molar-refractivity contribution >= 4 is 5.69 Å². The Morgan fingerprint density at radius 3 is 2.29 bits per heavy atom. The monoisotopic (exact) mass is 230 g/mol. The zero-order valence-corrected chi connectivity index (χ0v) is 11.5. The summed E-state index contributed by atoms with van der Waals surface area (Å²) < 4.78 is 0. The van der Waals surface area contributed by atoms with Gasteiger partial charge in [-0.1, -0.05) is 24.6 Å². The first-order chi connectivity index (χ1) is 8.04. The number of rotatable bonds is 2. The van der Waals surface area contributed by atoms with E-state index < -0.39 is 0 Å². The van der Waals surface area contributed by atoms with Gasteiger partial charge in [0.1, 0.15) is 6.17 Å². The van der Waals surface area contributed by atoms with Crippen LogP contribution < -0.4 is 10.2 Å². The van der Waals surface area contributed by atoms with Crippen LogP contribution in [0.25, 0.3) is 0 Å². The first-order valence-corrected chi connectivity index (χ1v) is 6.36. The van der Waals surface area contributed by atoms with Gasteiger partial charge in [-0.3, -0.25) is 0 Å². The molecule has 0 radical (unpaired) electrons. The number of hydrogen-bond acceptors (Lipinski definition) is 2. The molecule has 1 aliphatic heterocycles. The van der Waals surface area contributed by atoms with Crippen LogP contribution in [0.4, 0.5) is 5.69 Å². The third kappa shape index (κ3) is 2.04. The SMILES string of the molecule is CCC1=CNC(C)N1c1c(C)cc(C)cc1C. The molecule has 1 atom stereocenters. The van der Waals surface area contributed by atoms with Gasteiger partial charge in [0.25, 0.3) is 0 Å². The highest BCUT2D eigenvalue weighted by Crippen LogP contribution is 2.33. The van der Waals surface area contributed by atoms with Crippen LogP contribution in [-0.4, -0.2) is 6.17 Å². The van der Waals surface area contributed by atoms with E-state index in [2.05, 4.69) is 63.2 Å². The number of nitrogens with zero attached hydrogens (tertiary/aromatic N) is 1. The summed E-state index contributed by atoms with van der Waals surface area (Å²) in [5.74, 6) is 0. The molecule has 0 aliphatic carbocycles. The van der Waals surface area contributed by atoms with E-state index in [1.165, 1.54) is 28.1 Å². The Hall–Kier alpha value is -1.44. The fourth-order valence-corrected chi connectivity index (χ4v) is 2.77. The smallest absolute Gasteiger partial charge is 0.100 e. The van der Waals surface area contributed by atoms with Gasteiger partial charge >= 0.3 is 0 Å². The molecular weight excluding hydrogens is 208 g/mol. The van der Waals surface area contributed by atoms with E-state index in [-0.39, 0.29) is 0 Å².